The second kappa shape index (κ2) is 7.05. The Morgan fingerprint density at radius 2 is 2.14 bits per heavy atom. The molecular weight excluding hydrogens is 172 g/mol. The zero-order valence-corrected chi connectivity index (χ0v) is 9.41. The summed E-state index contributed by atoms with van der Waals surface area (Å²) in [5, 5.41) is 9.94. The molecule has 1 N–H and O–H groups in total. The Balaban J connectivity index is 2.08. The summed E-state index contributed by atoms with van der Waals surface area (Å²) in [7, 11) is 0. The first-order valence-corrected chi connectivity index (χ1v) is 6.17. The highest BCUT2D eigenvalue weighted by molar-refractivity contribution is 4.92. The van der Waals surface area contributed by atoms with Crippen molar-refractivity contribution in [3.8, 4) is 0 Å². The van der Waals surface area contributed by atoms with E-state index in [4.69, 9.17) is 0 Å². The highest BCUT2D eigenvalue weighted by atomic mass is 16.3. The molecule has 0 bridgehead atoms. The van der Waals surface area contributed by atoms with Gasteiger partial charge in [-0.25, -0.2) is 0 Å². The van der Waals surface area contributed by atoms with Crippen molar-refractivity contribution < 1.29 is 5.11 Å². The molecule has 2 atom stereocenters. The van der Waals surface area contributed by atoms with E-state index in [-0.39, 0.29) is 6.10 Å². The Bertz CT molecular complexity index is 163. The predicted molar refractivity (Wildman–Crippen MR) is 61.2 cm³/mol. The number of aliphatic hydroxyl groups is 1. The quantitative estimate of drug-likeness (QED) is 0.507. The minimum absolute atomic E-state index is 0.0446. The van der Waals surface area contributed by atoms with Crippen LogP contribution < -0.4 is 0 Å². The monoisotopic (exact) mass is 196 g/mol. The van der Waals surface area contributed by atoms with Crippen LogP contribution in [0.5, 0.6) is 0 Å². The van der Waals surface area contributed by atoms with Crippen molar-refractivity contribution in [2.75, 3.05) is 0 Å². The van der Waals surface area contributed by atoms with Crippen molar-refractivity contribution >= 4 is 0 Å². The lowest BCUT2D eigenvalue weighted by Gasteiger charge is -2.23. The molecule has 0 radical (unpaired) electrons. The molecule has 0 heterocycles. The number of rotatable bonds is 6. The fourth-order valence-corrected chi connectivity index (χ4v) is 2.18. The van der Waals surface area contributed by atoms with Crippen molar-refractivity contribution in [3.05, 3.63) is 12.2 Å². The molecule has 0 aliphatic heterocycles. The molecule has 82 valence electrons. The standard InChI is InChI=1S/C13H24O/c1-2-3-4-8-11-13(14)12-9-6-5-7-10-12/h5-6,12-14H,2-4,7-11H2,1H3. The molecule has 0 aromatic rings. The van der Waals surface area contributed by atoms with Crippen LogP contribution in [-0.2, 0) is 0 Å². The van der Waals surface area contributed by atoms with Gasteiger partial charge in [0.2, 0.25) is 0 Å². The Morgan fingerprint density at radius 1 is 1.29 bits per heavy atom. The fourth-order valence-electron chi connectivity index (χ4n) is 2.18. The van der Waals surface area contributed by atoms with Crippen molar-refractivity contribution in [1.29, 1.82) is 0 Å². The van der Waals surface area contributed by atoms with Crippen LogP contribution in [0.25, 0.3) is 0 Å². The Hall–Kier alpha value is -0.300. The smallest absolute Gasteiger partial charge is 0.0571 e. The minimum Gasteiger partial charge on any atom is -0.393 e. The first-order chi connectivity index (χ1) is 6.84. The topological polar surface area (TPSA) is 20.2 Å². The summed E-state index contributed by atoms with van der Waals surface area (Å²) in [4.78, 5) is 0. The van der Waals surface area contributed by atoms with Gasteiger partial charge in [0, 0.05) is 0 Å². The van der Waals surface area contributed by atoms with E-state index in [1.807, 2.05) is 0 Å². The molecule has 0 saturated carbocycles. The summed E-state index contributed by atoms with van der Waals surface area (Å²) in [6.07, 6.45) is 14.0. The third-order valence-electron chi connectivity index (χ3n) is 3.21. The molecule has 0 fully saturated rings. The van der Waals surface area contributed by atoms with E-state index in [2.05, 4.69) is 19.1 Å². The van der Waals surface area contributed by atoms with Gasteiger partial charge in [-0.1, -0.05) is 44.8 Å². The van der Waals surface area contributed by atoms with Gasteiger partial charge in [-0.2, -0.15) is 0 Å². The van der Waals surface area contributed by atoms with Crippen LogP contribution in [0.2, 0.25) is 0 Å². The molecule has 1 nitrogen and oxygen atoms in total. The molecule has 0 spiro atoms. The predicted octanol–water partition coefficient (Wildman–Crippen LogP) is 3.67. The SMILES string of the molecule is CCCCCCC(O)C1CC=CCC1. The number of unbranched alkanes of at least 4 members (excludes halogenated alkanes) is 3. The third kappa shape index (κ3) is 4.28. The summed E-state index contributed by atoms with van der Waals surface area (Å²) in [5.41, 5.74) is 0. The second-order valence-electron chi connectivity index (χ2n) is 4.46. The first-order valence-electron chi connectivity index (χ1n) is 6.17. The molecule has 1 aliphatic carbocycles. The fraction of sp³-hybridized carbons (Fsp3) is 0.846. The molecule has 2 unspecified atom stereocenters. The van der Waals surface area contributed by atoms with E-state index < -0.39 is 0 Å². The molecule has 1 rings (SSSR count). The van der Waals surface area contributed by atoms with Crippen LogP contribution in [0.4, 0.5) is 0 Å². The van der Waals surface area contributed by atoms with E-state index in [0.29, 0.717) is 5.92 Å². The van der Waals surface area contributed by atoms with Gasteiger partial charge < -0.3 is 5.11 Å². The van der Waals surface area contributed by atoms with Gasteiger partial charge in [0.25, 0.3) is 0 Å². The summed E-state index contributed by atoms with van der Waals surface area (Å²) >= 11 is 0. The molecule has 0 aromatic heterocycles. The van der Waals surface area contributed by atoms with Gasteiger partial charge in [0.05, 0.1) is 6.10 Å². The molecular formula is C13H24O. The molecule has 0 saturated heterocycles. The van der Waals surface area contributed by atoms with Gasteiger partial charge >= 0.3 is 0 Å². The van der Waals surface area contributed by atoms with E-state index in [1.54, 1.807) is 0 Å². The highest BCUT2D eigenvalue weighted by Gasteiger charge is 2.18. The van der Waals surface area contributed by atoms with Gasteiger partial charge in [-0.05, 0) is 31.6 Å². The van der Waals surface area contributed by atoms with E-state index in [0.717, 1.165) is 19.3 Å². The van der Waals surface area contributed by atoms with Crippen LogP contribution in [0.15, 0.2) is 12.2 Å². The zero-order chi connectivity index (χ0) is 10.2. The number of hydrogen-bond donors (Lipinski definition) is 1. The average Bonchev–Trinajstić information content (AvgIpc) is 2.25. The van der Waals surface area contributed by atoms with Crippen molar-refractivity contribution in [2.24, 2.45) is 5.92 Å². The lowest BCUT2D eigenvalue weighted by atomic mass is 9.87. The summed E-state index contributed by atoms with van der Waals surface area (Å²) in [6.45, 7) is 2.22. The largest absolute Gasteiger partial charge is 0.393 e. The normalized spacial score (nSPS) is 23.7. The van der Waals surface area contributed by atoms with E-state index >= 15 is 0 Å². The summed E-state index contributed by atoms with van der Waals surface area (Å²) < 4.78 is 0. The average molecular weight is 196 g/mol. The van der Waals surface area contributed by atoms with Crippen molar-refractivity contribution in [1.82, 2.24) is 0 Å². The van der Waals surface area contributed by atoms with Gasteiger partial charge in [0.15, 0.2) is 0 Å². The first kappa shape index (κ1) is 11.8. The maximum absolute atomic E-state index is 9.94. The van der Waals surface area contributed by atoms with Crippen LogP contribution in [0, 0.1) is 5.92 Å². The minimum atomic E-state index is -0.0446. The summed E-state index contributed by atoms with van der Waals surface area (Å²) in [6, 6.07) is 0. The van der Waals surface area contributed by atoms with Crippen LogP contribution in [0.1, 0.15) is 58.3 Å². The Labute approximate surface area is 88.2 Å². The Kier molecular flexibility index (Phi) is 5.93. The highest BCUT2D eigenvalue weighted by Crippen LogP contribution is 2.24. The number of allylic oxidation sites excluding steroid dienone is 2. The van der Waals surface area contributed by atoms with Crippen LogP contribution in [0.3, 0.4) is 0 Å². The van der Waals surface area contributed by atoms with Crippen LogP contribution >= 0.6 is 0 Å². The summed E-state index contributed by atoms with van der Waals surface area (Å²) in [5.74, 6) is 0.543. The molecule has 0 amide bonds. The molecule has 1 aliphatic rings. The van der Waals surface area contributed by atoms with E-state index in [9.17, 15) is 5.11 Å². The number of aliphatic hydroxyl groups excluding tert-OH is 1. The third-order valence-corrected chi connectivity index (χ3v) is 3.21. The van der Waals surface area contributed by atoms with E-state index in [1.165, 1.54) is 32.1 Å². The Morgan fingerprint density at radius 3 is 2.79 bits per heavy atom. The van der Waals surface area contributed by atoms with Crippen molar-refractivity contribution in [2.45, 2.75) is 64.4 Å². The zero-order valence-electron chi connectivity index (χ0n) is 9.41. The lowest BCUT2D eigenvalue weighted by molar-refractivity contribution is 0.0907. The maximum Gasteiger partial charge on any atom is 0.0571 e. The molecule has 0 aromatic carbocycles. The lowest BCUT2D eigenvalue weighted by Crippen LogP contribution is -2.21. The maximum atomic E-state index is 9.94. The second-order valence-corrected chi connectivity index (χ2v) is 4.46. The van der Waals surface area contributed by atoms with Gasteiger partial charge in [0.1, 0.15) is 0 Å². The van der Waals surface area contributed by atoms with Crippen molar-refractivity contribution in [3.63, 3.8) is 0 Å². The van der Waals surface area contributed by atoms with Gasteiger partial charge in [-0.3, -0.25) is 0 Å². The molecule has 1 heteroatoms. The van der Waals surface area contributed by atoms with Crippen LogP contribution in [-0.4, -0.2) is 11.2 Å². The van der Waals surface area contributed by atoms with Gasteiger partial charge in [-0.15, -0.1) is 0 Å². The number of hydrogen-bond acceptors (Lipinski definition) is 1. The molecule has 14 heavy (non-hydrogen) atoms.